The van der Waals surface area contributed by atoms with Gasteiger partial charge in [0.1, 0.15) is 22.9 Å². The van der Waals surface area contributed by atoms with Gasteiger partial charge < -0.3 is 25.3 Å². The van der Waals surface area contributed by atoms with Crippen molar-refractivity contribution in [1.82, 2.24) is 24.5 Å². The van der Waals surface area contributed by atoms with Crippen LogP contribution >= 0.6 is 11.6 Å². The van der Waals surface area contributed by atoms with Gasteiger partial charge in [0.15, 0.2) is 5.65 Å². The van der Waals surface area contributed by atoms with Crippen LogP contribution in [0, 0.1) is 0 Å². The standard InChI is InChI=1S/C21H24ClN7O3/c1-23-18-8-17(27-19-15(9-24-29(18)19)20(30)25-13-4-5-13)26-16-7-12(22)10-28(21(16)31)14-3-2-6-32-11-14/h7-10,13-14,23H,2-6,11H2,1H3,(H,25,30)(H,26,27)/t14-/m1/s1. The Hall–Kier alpha value is -3.11. The van der Waals surface area contributed by atoms with Gasteiger partial charge in [0.2, 0.25) is 0 Å². The quantitative estimate of drug-likeness (QED) is 0.521. The Balaban J connectivity index is 1.51. The Morgan fingerprint density at radius 2 is 2.12 bits per heavy atom. The Labute approximate surface area is 188 Å². The topological polar surface area (TPSA) is 115 Å². The van der Waals surface area contributed by atoms with Gasteiger partial charge in [0, 0.05) is 32.0 Å². The van der Waals surface area contributed by atoms with E-state index in [1.54, 1.807) is 34.5 Å². The van der Waals surface area contributed by atoms with E-state index in [-0.39, 0.29) is 23.6 Å². The maximum absolute atomic E-state index is 13.2. The van der Waals surface area contributed by atoms with Gasteiger partial charge in [-0.15, -0.1) is 0 Å². The first-order chi connectivity index (χ1) is 15.5. The third kappa shape index (κ3) is 4.03. The summed E-state index contributed by atoms with van der Waals surface area (Å²) in [6, 6.07) is 3.45. The van der Waals surface area contributed by atoms with Crippen molar-refractivity contribution < 1.29 is 9.53 Å². The molecule has 32 heavy (non-hydrogen) atoms. The average molecular weight is 458 g/mol. The largest absolute Gasteiger partial charge is 0.379 e. The van der Waals surface area contributed by atoms with E-state index >= 15 is 0 Å². The number of carbonyl (C=O) groups is 1. The van der Waals surface area contributed by atoms with Crippen LogP contribution in [-0.2, 0) is 4.74 Å². The summed E-state index contributed by atoms with van der Waals surface area (Å²) in [5, 5.41) is 13.8. The number of amides is 1. The molecule has 11 heteroatoms. The molecule has 2 aliphatic rings. The first kappa shape index (κ1) is 20.8. The number of fused-ring (bicyclic) bond motifs is 1. The number of carbonyl (C=O) groups excluding carboxylic acids is 1. The predicted octanol–water partition coefficient (Wildman–Crippen LogP) is 2.57. The molecule has 0 bridgehead atoms. The molecule has 1 aliphatic carbocycles. The van der Waals surface area contributed by atoms with Crippen molar-refractivity contribution in [3.8, 4) is 0 Å². The van der Waals surface area contributed by atoms with Crippen LogP contribution in [0.3, 0.4) is 0 Å². The minimum absolute atomic E-state index is 0.0636. The smallest absolute Gasteiger partial charge is 0.274 e. The van der Waals surface area contributed by atoms with Crippen LogP contribution in [0.15, 0.2) is 29.3 Å². The van der Waals surface area contributed by atoms with Gasteiger partial charge in [-0.3, -0.25) is 9.59 Å². The first-order valence-electron chi connectivity index (χ1n) is 10.7. The molecule has 3 aromatic rings. The number of hydrogen-bond donors (Lipinski definition) is 3. The van der Waals surface area contributed by atoms with E-state index in [2.05, 4.69) is 26.0 Å². The van der Waals surface area contributed by atoms with Gasteiger partial charge in [0.05, 0.1) is 23.9 Å². The zero-order valence-corrected chi connectivity index (χ0v) is 18.4. The van der Waals surface area contributed by atoms with E-state index in [4.69, 9.17) is 16.3 Å². The second-order valence-corrected chi connectivity index (χ2v) is 8.53. The lowest BCUT2D eigenvalue weighted by Gasteiger charge is -2.25. The summed E-state index contributed by atoms with van der Waals surface area (Å²) < 4.78 is 8.71. The number of aromatic nitrogens is 4. The number of anilines is 3. The lowest BCUT2D eigenvalue weighted by atomic mass is 10.1. The molecule has 1 atom stereocenters. The van der Waals surface area contributed by atoms with Gasteiger partial charge >= 0.3 is 0 Å². The number of rotatable bonds is 6. The summed E-state index contributed by atoms with van der Waals surface area (Å²) >= 11 is 6.32. The minimum atomic E-state index is -0.211. The first-order valence-corrected chi connectivity index (χ1v) is 11.0. The molecule has 1 saturated carbocycles. The van der Waals surface area contributed by atoms with E-state index < -0.39 is 0 Å². The number of nitrogens with zero attached hydrogens (tertiary/aromatic N) is 4. The van der Waals surface area contributed by atoms with Crippen molar-refractivity contribution in [2.24, 2.45) is 0 Å². The van der Waals surface area contributed by atoms with E-state index in [0.717, 1.165) is 25.7 Å². The van der Waals surface area contributed by atoms with Crippen molar-refractivity contribution in [2.45, 2.75) is 37.8 Å². The Morgan fingerprint density at radius 3 is 2.84 bits per heavy atom. The third-order valence-electron chi connectivity index (χ3n) is 5.69. The zero-order chi connectivity index (χ0) is 22.2. The van der Waals surface area contributed by atoms with Gasteiger partial charge in [-0.05, 0) is 31.7 Å². The van der Waals surface area contributed by atoms with Crippen molar-refractivity contribution in [1.29, 1.82) is 0 Å². The lowest BCUT2D eigenvalue weighted by Crippen LogP contribution is -2.31. The molecule has 0 aromatic carbocycles. The molecule has 1 aliphatic heterocycles. The van der Waals surface area contributed by atoms with Gasteiger partial charge in [-0.1, -0.05) is 11.6 Å². The summed E-state index contributed by atoms with van der Waals surface area (Å²) in [5.41, 5.74) is 0.851. The minimum Gasteiger partial charge on any atom is -0.379 e. The van der Waals surface area contributed by atoms with E-state index in [1.807, 2.05) is 0 Å². The highest BCUT2D eigenvalue weighted by Crippen LogP contribution is 2.25. The molecule has 10 nitrogen and oxygen atoms in total. The fraction of sp³-hybridized carbons (Fsp3) is 0.429. The summed E-state index contributed by atoms with van der Waals surface area (Å²) in [5.74, 6) is 0.802. The van der Waals surface area contributed by atoms with Gasteiger partial charge in [-0.2, -0.15) is 9.61 Å². The molecule has 0 radical (unpaired) electrons. The van der Waals surface area contributed by atoms with E-state index in [9.17, 15) is 9.59 Å². The van der Waals surface area contributed by atoms with Crippen LogP contribution < -0.4 is 21.5 Å². The number of pyridine rings is 1. The van der Waals surface area contributed by atoms with Crippen LogP contribution in [0.2, 0.25) is 5.02 Å². The molecule has 3 N–H and O–H groups in total. The maximum atomic E-state index is 13.2. The van der Waals surface area contributed by atoms with Crippen LogP contribution in [0.4, 0.5) is 17.3 Å². The predicted molar refractivity (Wildman–Crippen MR) is 121 cm³/mol. The number of nitrogens with one attached hydrogen (secondary N) is 3. The van der Waals surface area contributed by atoms with Crippen LogP contribution in [0.5, 0.6) is 0 Å². The highest BCUT2D eigenvalue weighted by Gasteiger charge is 2.26. The molecule has 0 unspecified atom stereocenters. The lowest BCUT2D eigenvalue weighted by molar-refractivity contribution is 0.0581. The van der Waals surface area contributed by atoms with Crippen molar-refractivity contribution >= 4 is 40.5 Å². The zero-order valence-electron chi connectivity index (χ0n) is 17.6. The monoisotopic (exact) mass is 457 g/mol. The van der Waals surface area contributed by atoms with Gasteiger partial charge in [0.25, 0.3) is 11.5 Å². The Morgan fingerprint density at radius 1 is 1.28 bits per heavy atom. The second kappa shape index (κ2) is 8.44. The second-order valence-electron chi connectivity index (χ2n) is 8.10. The van der Waals surface area contributed by atoms with Gasteiger partial charge in [-0.25, -0.2) is 4.98 Å². The normalized spacial score (nSPS) is 18.5. The maximum Gasteiger partial charge on any atom is 0.274 e. The van der Waals surface area contributed by atoms with E-state index in [0.29, 0.717) is 46.8 Å². The van der Waals surface area contributed by atoms with Crippen molar-refractivity contribution in [3.05, 3.63) is 45.5 Å². The number of halogens is 1. The SMILES string of the molecule is CNc1cc(Nc2cc(Cl)cn([C@@H]3CCCOC3)c2=O)nc2c(C(=O)NC3CC3)cnn12. The molecule has 1 amide bonds. The fourth-order valence-corrected chi connectivity index (χ4v) is 4.08. The number of ether oxygens (including phenoxy) is 1. The summed E-state index contributed by atoms with van der Waals surface area (Å²) in [6.07, 6.45) is 6.85. The average Bonchev–Trinajstić information content (AvgIpc) is 3.51. The number of hydrogen-bond acceptors (Lipinski definition) is 7. The highest BCUT2D eigenvalue weighted by molar-refractivity contribution is 6.30. The molecule has 168 valence electrons. The Bertz CT molecular complexity index is 1230. The van der Waals surface area contributed by atoms with Crippen LogP contribution in [0.1, 0.15) is 42.1 Å². The fourth-order valence-electron chi connectivity index (χ4n) is 3.87. The van der Waals surface area contributed by atoms with Crippen LogP contribution in [0.25, 0.3) is 5.65 Å². The summed E-state index contributed by atoms with van der Waals surface area (Å²) in [6.45, 7) is 1.18. The Kier molecular flexibility index (Phi) is 5.48. The van der Waals surface area contributed by atoms with E-state index in [1.165, 1.54) is 6.20 Å². The molecule has 4 heterocycles. The molecule has 0 spiro atoms. The molecule has 1 saturated heterocycles. The van der Waals surface area contributed by atoms with Crippen LogP contribution in [-0.4, -0.2) is 51.4 Å². The summed E-state index contributed by atoms with van der Waals surface area (Å²) in [7, 11) is 1.75. The van der Waals surface area contributed by atoms with Crippen molar-refractivity contribution in [3.63, 3.8) is 0 Å². The molecule has 5 rings (SSSR count). The highest BCUT2D eigenvalue weighted by atomic mass is 35.5. The summed E-state index contributed by atoms with van der Waals surface area (Å²) in [4.78, 5) is 30.4. The molecular weight excluding hydrogens is 434 g/mol. The molecular formula is C21H24ClN7O3. The van der Waals surface area contributed by atoms with Crippen molar-refractivity contribution in [2.75, 3.05) is 30.9 Å². The molecule has 3 aromatic heterocycles. The molecule has 2 fully saturated rings. The third-order valence-corrected chi connectivity index (χ3v) is 5.89.